The van der Waals surface area contributed by atoms with Crippen LogP contribution in [-0.4, -0.2) is 29.6 Å². The Morgan fingerprint density at radius 1 is 1.24 bits per heavy atom. The van der Waals surface area contributed by atoms with Crippen LogP contribution in [0.4, 0.5) is 5.69 Å². The third-order valence-electron chi connectivity index (χ3n) is 3.46. The minimum absolute atomic E-state index is 0.0868. The van der Waals surface area contributed by atoms with Gasteiger partial charge in [-0.15, -0.1) is 0 Å². The number of benzene rings is 1. The highest BCUT2D eigenvalue weighted by molar-refractivity contribution is 5.94. The molecule has 1 amide bonds. The molecule has 0 aromatic heterocycles. The molecular formula is C16H24N2O3. The number of nitrogens with two attached hydrogens (primary N) is 1. The SMILES string of the molecule is Cc1ccc(N(CCC(=O)O)C(=O)CC(N)C(C)C)cc1. The van der Waals surface area contributed by atoms with Gasteiger partial charge in [0.05, 0.1) is 6.42 Å². The second kappa shape index (κ2) is 7.78. The lowest BCUT2D eigenvalue weighted by Gasteiger charge is -2.25. The van der Waals surface area contributed by atoms with E-state index in [1.807, 2.05) is 45.0 Å². The number of carbonyl (C=O) groups excluding carboxylic acids is 1. The van der Waals surface area contributed by atoms with Crippen LogP contribution in [0.2, 0.25) is 0 Å². The molecule has 5 heteroatoms. The number of aryl methyl sites for hydroxylation is 1. The number of amides is 1. The van der Waals surface area contributed by atoms with Crippen LogP contribution in [0, 0.1) is 12.8 Å². The Kier molecular flexibility index (Phi) is 6.37. The van der Waals surface area contributed by atoms with E-state index in [-0.39, 0.29) is 37.3 Å². The Morgan fingerprint density at radius 3 is 2.29 bits per heavy atom. The maximum atomic E-state index is 12.4. The standard InChI is InChI=1S/C16H24N2O3/c1-11(2)14(17)10-15(19)18(9-8-16(20)21)13-6-4-12(3)5-7-13/h4-7,11,14H,8-10,17H2,1-3H3,(H,20,21). The van der Waals surface area contributed by atoms with Crippen molar-refractivity contribution in [2.24, 2.45) is 11.7 Å². The predicted octanol–water partition coefficient (Wildman–Crippen LogP) is 2.18. The van der Waals surface area contributed by atoms with Crippen molar-refractivity contribution in [3.63, 3.8) is 0 Å². The smallest absolute Gasteiger partial charge is 0.305 e. The third kappa shape index (κ3) is 5.55. The lowest BCUT2D eigenvalue weighted by Crippen LogP contribution is -2.39. The second-order valence-electron chi connectivity index (χ2n) is 5.64. The van der Waals surface area contributed by atoms with Gasteiger partial charge in [-0.2, -0.15) is 0 Å². The van der Waals surface area contributed by atoms with Crippen molar-refractivity contribution >= 4 is 17.6 Å². The van der Waals surface area contributed by atoms with Crippen LogP contribution >= 0.6 is 0 Å². The lowest BCUT2D eigenvalue weighted by atomic mass is 10.0. The Balaban J connectivity index is 2.88. The van der Waals surface area contributed by atoms with Crippen molar-refractivity contribution in [1.82, 2.24) is 0 Å². The summed E-state index contributed by atoms with van der Waals surface area (Å²) in [7, 11) is 0. The molecule has 5 nitrogen and oxygen atoms in total. The normalized spacial score (nSPS) is 12.2. The first kappa shape index (κ1) is 17.2. The average molecular weight is 292 g/mol. The van der Waals surface area contributed by atoms with Gasteiger partial charge >= 0.3 is 5.97 Å². The summed E-state index contributed by atoms with van der Waals surface area (Å²) in [5.74, 6) is -0.859. The van der Waals surface area contributed by atoms with Gasteiger partial charge in [0, 0.05) is 24.7 Å². The van der Waals surface area contributed by atoms with Crippen molar-refractivity contribution in [1.29, 1.82) is 0 Å². The summed E-state index contributed by atoms with van der Waals surface area (Å²) < 4.78 is 0. The number of nitrogens with zero attached hydrogens (tertiary/aromatic N) is 1. The molecule has 1 unspecified atom stereocenters. The highest BCUT2D eigenvalue weighted by atomic mass is 16.4. The van der Waals surface area contributed by atoms with Crippen molar-refractivity contribution in [3.8, 4) is 0 Å². The van der Waals surface area contributed by atoms with Crippen LogP contribution in [0.5, 0.6) is 0 Å². The molecule has 0 bridgehead atoms. The van der Waals surface area contributed by atoms with Gasteiger partial charge in [-0.25, -0.2) is 0 Å². The van der Waals surface area contributed by atoms with E-state index in [1.54, 1.807) is 0 Å². The van der Waals surface area contributed by atoms with Gasteiger partial charge in [-0.05, 0) is 25.0 Å². The zero-order chi connectivity index (χ0) is 16.0. The summed E-state index contributed by atoms with van der Waals surface area (Å²) >= 11 is 0. The number of aliphatic carboxylic acids is 1. The van der Waals surface area contributed by atoms with E-state index in [0.29, 0.717) is 5.69 Å². The van der Waals surface area contributed by atoms with E-state index in [4.69, 9.17) is 10.8 Å². The van der Waals surface area contributed by atoms with E-state index in [9.17, 15) is 9.59 Å². The molecule has 0 aliphatic carbocycles. The number of carbonyl (C=O) groups is 2. The fourth-order valence-electron chi connectivity index (χ4n) is 1.88. The minimum Gasteiger partial charge on any atom is -0.481 e. The molecule has 0 heterocycles. The van der Waals surface area contributed by atoms with Crippen LogP contribution in [0.1, 0.15) is 32.3 Å². The van der Waals surface area contributed by atoms with Crippen LogP contribution in [-0.2, 0) is 9.59 Å². The van der Waals surface area contributed by atoms with Gasteiger partial charge in [0.1, 0.15) is 0 Å². The zero-order valence-corrected chi connectivity index (χ0v) is 12.9. The fourth-order valence-corrected chi connectivity index (χ4v) is 1.88. The van der Waals surface area contributed by atoms with Crippen LogP contribution in [0.3, 0.4) is 0 Å². The molecule has 1 aromatic rings. The molecule has 1 atom stereocenters. The highest BCUT2D eigenvalue weighted by Crippen LogP contribution is 2.18. The number of anilines is 1. The topological polar surface area (TPSA) is 83.6 Å². The summed E-state index contributed by atoms with van der Waals surface area (Å²) in [6.45, 7) is 6.04. The molecule has 21 heavy (non-hydrogen) atoms. The second-order valence-corrected chi connectivity index (χ2v) is 5.64. The molecule has 0 spiro atoms. The van der Waals surface area contributed by atoms with Gasteiger partial charge in [-0.3, -0.25) is 9.59 Å². The van der Waals surface area contributed by atoms with Crippen molar-refractivity contribution < 1.29 is 14.7 Å². The molecule has 0 fully saturated rings. The maximum Gasteiger partial charge on any atom is 0.305 e. The molecule has 3 N–H and O–H groups in total. The summed E-state index contributed by atoms with van der Waals surface area (Å²) in [5.41, 5.74) is 7.75. The van der Waals surface area contributed by atoms with Gasteiger partial charge in [0.25, 0.3) is 0 Å². The number of hydrogen-bond acceptors (Lipinski definition) is 3. The lowest BCUT2D eigenvalue weighted by molar-refractivity contribution is -0.136. The number of rotatable bonds is 7. The summed E-state index contributed by atoms with van der Waals surface area (Å²) in [5, 5.41) is 8.84. The molecule has 1 aromatic carbocycles. The minimum atomic E-state index is -0.923. The van der Waals surface area contributed by atoms with Gasteiger partial charge in [0.2, 0.25) is 5.91 Å². The zero-order valence-electron chi connectivity index (χ0n) is 12.9. The molecule has 0 aliphatic rings. The average Bonchev–Trinajstić information content (AvgIpc) is 2.40. The Labute approximate surface area is 125 Å². The molecule has 0 saturated heterocycles. The van der Waals surface area contributed by atoms with E-state index >= 15 is 0 Å². The highest BCUT2D eigenvalue weighted by Gasteiger charge is 2.20. The number of hydrogen-bond donors (Lipinski definition) is 2. The summed E-state index contributed by atoms with van der Waals surface area (Å²) in [6.07, 6.45) is 0.127. The largest absolute Gasteiger partial charge is 0.481 e. The molecule has 0 saturated carbocycles. The quantitative estimate of drug-likeness (QED) is 0.806. The Morgan fingerprint density at radius 2 is 1.81 bits per heavy atom. The summed E-state index contributed by atoms with van der Waals surface area (Å²) in [6, 6.07) is 7.24. The van der Waals surface area contributed by atoms with E-state index in [0.717, 1.165) is 5.56 Å². The van der Waals surface area contributed by atoms with E-state index < -0.39 is 5.97 Å². The van der Waals surface area contributed by atoms with Crippen molar-refractivity contribution in [2.45, 2.75) is 39.7 Å². The van der Waals surface area contributed by atoms with Crippen LogP contribution in [0.15, 0.2) is 24.3 Å². The predicted molar refractivity (Wildman–Crippen MR) is 83.2 cm³/mol. The number of carboxylic acids is 1. The van der Waals surface area contributed by atoms with Gasteiger partial charge < -0.3 is 15.7 Å². The van der Waals surface area contributed by atoms with Crippen molar-refractivity contribution in [3.05, 3.63) is 29.8 Å². The Hall–Kier alpha value is -1.88. The van der Waals surface area contributed by atoms with E-state index in [1.165, 1.54) is 4.90 Å². The first-order valence-electron chi connectivity index (χ1n) is 7.15. The Bertz CT molecular complexity index is 483. The van der Waals surface area contributed by atoms with Crippen LogP contribution < -0.4 is 10.6 Å². The van der Waals surface area contributed by atoms with Gasteiger partial charge in [0.15, 0.2) is 0 Å². The molecule has 116 valence electrons. The molecule has 0 aliphatic heterocycles. The molecular weight excluding hydrogens is 268 g/mol. The number of carboxylic acid groups (broad SMARTS) is 1. The van der Waals surface area contributed by atoms with Crippen molar-refractivity contribution in [2.75, 3.05) is 11.4 Å². The molecule has 1 rings (SSSR count). The van der Waals surface area contributed by atoms with Gasteiger partial charge in [-0.1, -0.05) is 31.5 Å². The first-order valence-corrected chi connectivity index (χ1v) is 7.15. The maximum absolute atomic E-state index is 12.4. The summed E-state index contributed by atoms with van der Waals surface area (Å²) in [4.78, 5) is 24.7. The third-order valence-corrected chi connectivity index (χ3v) is 3.46. The molecule has 0 radical (unpaired) electrons. The fraction of sp³-hybridized carbons (Fsp3) is 0.500. The van der Waals surface area contributed by atoms with E-state index in [2.05, 4.69) is 0 Å². The monoisotopic (exact) mass is 292 g/mol. The van der Waals surface area contributed by atoms with Crippen LogP contribution in [0.25, 0.3) is 0 Å². The first-order chi connectivity index (χ1) is 9.81.